The molecule has 57 heavy (non-hydrogen) atoms. The Bertz CT molecular complexity index is 1100. The molecule has 1 unspecified atom stereocenters. The number of carbonyl (C=O) groups is 3. The second-order valence-electron chi connectivity index (χ2n) is 15.3. The van der Waals surface area contributed by atoms with Crippen molar-refractivity contribution in [1.29, 1.82) is 0 Å². The van der Waals surface area contributed by atoms with Crippen molar-refractivity contribution in [3.05, 3.63) is 72.9 Å². The largest absolute Gasteiger partial charge is 0.462 e. The van der Waals surface area contributed by atoms with Gasteiger partial charge < -0.3 is 14.2 Å². The fourth-order valence-electron chi connectivity index (χ4n) is 6.21. The molecular formula is C51H86O6. The Morgan fingerprint density at radius 3 is 1.16 bits per heavy atom. The van der Waals surface area contributed by atoms with Crippen LogP contribution in [0.1, 0.15) is 213 Å². The molecule has 326 valence electrons. The second kappa shape index (κ2) is 45.6. The Hall–Kier alpha value is -3.15. The van der Waals surface area contributed by atoms with Crippen LogP contribution >= 0.6 is 0 Å². The highest BCUT2D eigenvalue weighted by Crippen LogP contribution is 2.13. The van der Waals surface area contributed by atoms with Crippen LogP contribution in [0.25, 0.3) is 0 Å². The molecule has 0 N–H and O–H groups in total. The zero-order chi connectivity index (χ0) is 41.5. The van der Waals surface area contributed by atoms with E-state index in [1.54, 1.807) is 0 Å². The number of unbranched alkanes of at least 4 members (excludes halogenated alkanes) is 19. The van der Waals surface area contributed by atoms with Crippen LogP contribution in [-0.4, -0.2) is 37.2 Å². The van der Waals surface area contributed by atoms with Crippen molar-refractivity contribution in [1.82, 2.24) is 0 Å². The van der Waals surface area contributed by atoms with E-state index in [1.807, 2.05) is 0 Å². The van der Waals surface area contributed by atoms with Crippen LogP contribution in [0.3, 0.4) is 0 Å². The molecule has 0 aliphatic rings. The smallest absolute Gasteiger partial charge is 0.306 e. The SMILES string of the molecule is CC/C=C\C/C=C\CCCCCCCC(=O)OCC(COC(=O)CCCCCCCC/C=C\C=C/CCCCC)OC(=O)CCCCCCC/C=C\C/C=C\CC. The Balaban J connectivity index is 4.43. The molecule has 0 fully saturated rings. The van der Waals surface area contributed by atoms with Crippen molar-refractivity contribution >= 4 is 17.9 Å². The van der Waals surface area contributed by atoms with Gasteiger partial charge in [-0.3, -0.25) is 14.4 Å². The first-order valence-electron chi connectivity index (χ1n) is 23.5. The van der Waals surface area contributed by atoms with Crippen molar-refractivity contribution in [2.75, 3.05) is 13.2 Å². The molecule has 6 heteroatoms. The van der Waals surface area contributed by atoms with Gasteiger partial charge in [0.1, 0.15) is 13.2 Å². The molecule has 0 rings (SSSR count). The van der Waals surface area contributed by atoms with Gasteiger partial charge in [-0.25, -0.2) is 0 Å². The predicted molar refractivity (Wildman–Crippen MR) is 242 cm³/mol. The van der Waals surface area contributed by atoms with Crippen molar-refractivity contribution in [2.45, 2.75) is 219 Å². The van der Waals surface area contributed by atoms with Gasteiger partial charge >= 0.3 is 17.9 Å². The number of ether oxygens (including phenoxy) is 3. The Morgan fingerprint density at radius 2 is 0.737 bits per heavy atom. The zero-order valence-electron chi connectivity index (χ0n) is 37.1. The lowest BCUT2D eigenvalue weighted by molar-refractivity contribution is -0.167. The average Bonchev–Trinajstić information content (AvgIpc) is 3.21. The van der Waals surface area contributed by atoms with Crippen molar-refractivity contribution in [2.24, 2.45) is 0 Å². The van der Waals surface area contributed by atoms with Crippen molar-refractivity contribution in [3.8, 4) is 0 Å². The molecule has 0 aromatic carbocycles. The van der Waals surface area contributed by atoms with Gasteiger partial charge in [0.2, 0.25) is 0 Å². The lowest BCUT2D eigenvalue weighted by atomic mass is 10.1. The molecular weight excluding hydrogens is 709 g/mol. The highest BCUT2D eigenvalue weighted by molar-refractivity contribution is 5.71. The molecule has 0 spiro atoms. The van der Waals surface area contributed by atoms with Crippen LogP contribution in [-0.2, 0) is 28.6 Å². The molecule has 0 saturated heterocycles. The van der Waals surface area contributed by atoms with Crippen LogP contribution in [0.5, 0.6) is 0 Å². The van der Waals surface area contributed by atoms with E-state index < -0.39 is 6.10 Å². The summed E-state index contributed by atoms with van der Waals surface area (Å²) in [6.45, 7) is 6.34. The van der Waals surface area contributed by atoms with Crippen LogP contribution in [0.4, 0.5) is 0 Å². The maximum atomic E-state index is 12.7. The monoisotopic (exact) mass is 795 g/mol. The van der Waals surface area contributed by atoms with Gasteiger partial charge in [-0.05, 0) is 96.3 Å². The van der Waals surface area contributed by atoms with Gasteiger partial charge in [-0.15, -0.1) is 0 Å². The first-order chi connectivity index (χ1) is 28.0. The quantitative estimate of drug-likeness (QED) is 0.0202. The van der Waals surface area contributed by atoms with E-state index in [2.05, 4.69) is 93.7 Å². The minimum atomic E-state index is -0.791. The third kappa shape index (κ3) is 43.8. The molecule has 0 heterocycles. The maximum Gasteiger partial charge on any atom is 0.306 e. The van der Waals surface area contributed by atoms with Crippen LogP contribution < -0.4 is 0 Å². The van der Waals surface area contributed by atoms with Crippen LogP contribution in [0.2, 0.25) is 0 Å². The molecule has 1 atom stereocenters. The van der Waals surface area contributed by atoms with Crippen LogP contribution in [0, 0.1) is 0 Å². The fourth-order valence-corrected chi connectivity index (χ4v) is 6.21. The third-order valence-electron chi connectivity index (χ3n) is 9.70. The van der Waals surface area contributed by atoms with E-state index in [1.165, 1.54) is 44.9 Å². The highest BCUT2D eigenvalue weighted by atomic mass is 16.6. The molecule has 0 aliphatic heterocycles. The number of allylic oxidation sites excluding steroid dienone is 12. The van der Waals surface area contributed by atoms with E-state index in [0.717, 1.165) is 128 Å². The Morgan fingerprint density at radius 1 is 0.386 bits per heavy atom. The normalized spacial score (nSPS) is 12.7. The number of hydrogen-bond donors (Lipinski definition) is 0. The van der Waals surface area contributed by atoms with E-state index in [4.69, 9.17) is 14.2 Å². The summed E-state index contributed by atoms with van der Waals surface area (Å²) in [5, 5.41) is 0. The minimum absolute atomic E-state index is 0.0929. The van der Waals surface area contributed by atoms with Crippen LogP contribution in [0.15, 0.2) is 72.9 Å². The summed E-state index contributed by atoms with van der Waals surface area (Å²) < 4.78 is 16.7. The summed E-state index contributed by atoms with van der Waals surface area (Å²) in [5.41, 5.74) is 0. The summed E-state index contributed by atoms with van der Waals surface area (Å²) in [6.07, 6.45) is 56.0. The molecule has 0 amide bonds. The van der Waals surface area contributed by atoms with Gasteiger partial charge in [-0.1, -0.05) is 171 Å². The zero-order valence-corrected chi connectivity index (χ0v) is 37.1. The Labute approximate surface area is 351 Å². The third-order valence-corrected chi connectivity index (χ3v) is 9.70. The van der Waals surface area contributed by atoms with E-state index >= 15 is 0 Å². The van der Waals surface area contributed by atoms with Gasteiger partial charge in [0.05, 0.1) is 0 Å². The molecule has 6 nitrogen and oxygen atoms in total. The molecule has 0 aromatic rings. The molecule has 0 aromatic heterocycles. The van der Waals surface area contributed by atoms with Gasteiger partial charge in [-0.2, -0.15) is 0 Å². The standard InChI is InChI=1S/C51H86O6/c1-4-7-10-13-16-19-22-25-26-27-30-32-35-38-41-44-50(53)56-47-48(57-51(54)45-42-39-36-33-29-24-21-18-15-12-9-6-3)46-55-49(52)43-40-37-34-31-28-23-20-17-14-11-8-5-2/h8-9,11-12,16-22,25,48H,4-7,10,13-15,23-24,26-47H2,1-3H3/b11-8-,12-9-,19-16-,20-17-,21-18-,25-22-. The first kappa shape index (κ1) is 53.9. The number of rotatable bonds is 41. The lowest BCUT2D eigenvalue weighted by Gasteiger charge is -2.18. The number of esters is 3. The van der Waals surface area contributed by atoms with Gasteiger partial charge in [0.15, 0.2) is 6.10 Å². The topological polar surface area (TPSA) is 78.9 Å². The van der Waals surface area contributed by atoms with Crippen molar-refractivity contribution < 1.29 is 28.6 Å². The van der Waals surface area contributed by atoms with Gasteiger partial charge in [0.25, 0.3) is 0 Å². The summed E-state index contributed by atoms with van der Waals surface area (Å²) in [5.74, 6) is -0.938. The molecule has 0 aliphatic carbocycles. The first-order valence-corrected chi connectivity index (χ1v) is 23.5. The van der Waals surface area contributed by atoms with Gasteiger partial charge in [0, 0.05) is 19.3 Å². The number of carbonyl (C=O) groups excluding carboxylic acids is 3. The number of hydrogen-bond acceptors (Lipinski definition) is 6. The van der Waals surface area contributed by atoms with E-state index in [0.29, 0.717) is 19.3 Å². The Kier molecular flexibility index (Phi) is 43.0. The summed E-state index contributed by atoms with van der Waals surface area (Å²) in [4.78, 5) is 37.8. The fraction of sp³-hybridized carbons (Fsp3) is 0.706. The van der Waals surface area contributed by atoms with E-state index in [9.17, 15) is 14.4 Å². The molecule has 0 saturated carbocycles. The summed E-state index contributed by atoms with van der Waals surface area (Å²) in [7, 11) is 0. The van der Waals surface area contributed by atoms with E-state index in [-0.39, 0.29) is 31.1 Å². The lowest BCUT2D eigenvalue weighted by Crippen LogP contribution is -2.30. The molecule has 0 bridgehead atoms. The maximum absolute atomic E-state index is 12.7. The highest BCUT2D eigenvalue weighted by Gasteiger charge is 2.19. The molecule has 0 radical (unpaired) electrons. The summed E-state index contributed by atoms with van der Waals surface area (Å²) in [6, 6.07) is 0. The second-order valence-corrected chi connectivity index (χ2v) is 15.3. The summed E-state index contributed by atoms with van der Waals surface area (Å²) >= 11 is 0. The average molecular weight is 795 g/mol. The minimum Gasteiger partial charge on any atom is -0.462 e. The predicted octanol–water partition coefficient (Wildman–Crippen LogP) is 15.1. The van der Waals surface area contributed by atoms with Crippen molar-refractivity contribution in [3.63, 3.8) is 0 Å².